The number of carbonyl (C=O) groups is 1. The Bertz CT molecular complexity index is 242. The summed E-state index contributed by atoms with van der Waals surface area (Å²) in [6.45, 7) is 8.68. The van der Waals surface area contributed by atoms with E-state index in [0.29, 0.717) is 11.9 Å². The van der Waals surface area contributed by atoms with Gasteiger partial charge in [0.2, 0.25) is 5.91 Å². The van der Waals surface area contributed by atoms with Crippen molar-refractivity contribution >= 4 is 5.91 Å². The molecule has 3 unspecified atom stereocenters. The van der Waals surface area contributed by atoms with Gasteiger partial charge in [-0.05, 0) is 26.2 Å². The average Bonchev–Trinajstić information content (AvgIpc) is 2.63. The van der Waals surface area contributed by atoms with E-state index in [4.69, 9.17) is 0 Å². The summed E-state index contributed by atoms with van der Waals surface area (Å²) in [5, 5.41) is 3.49. The molecule has 0 saturated carbocycles. The molecule has 100 valence electrons. The molecule has 1 aliphatic heterocycles. The van der Waals surface area contributed by atoms with Gasteiger partial charge in [-0.15, -0.1) is 0 Å². The fraction of sp³-hybridized carbons (Fsp3) is 0.929. The Morgan fingerprint density at radius 1 is 1.29 bits per heavy atom. The first-order chi connectivity index (χ1) is 8.15. The van der Waals surface area contributed by atoms with E-state index < -0.39 is 0 Å². The first kappa shape index (κ1) is 14.5. The lowest BCUT2D eigenvalue weighted by Gasteiger charge is -2.29. The molecule has 0 bridgehead atoms. The predicted molar refractivity (Wildman–Crippen MR) is 71.7 cm³/mol. The molecular weight excluding hydrogens is 212 g/mol. The van der Waals surface area contributed by atoms with E-state index in [1.165, 1.54) is 0 Å². The van der Waals surface area contributed by atoms with Crippen LogP contribution in [-0.4, -0.2) is 29.1 Å². The first-order valence-electron chi connectivity index (χ1n) is 7.23. The molecule has 17 heavy (non-hydrogen) atoms. The maximum Gasteiger partial charge on any atom is 0.241 e. The molecule has 0 aromatic heterocycles. The van der Waals surface area contributed by atoms with Crippen molar-refractivity contribution in [3.05, 3.63) is 0 Å². The maximum atomic E-state index is 12.4. The Morgan fingerprint density at radius 3 is 2.53 bits per heavy atom. The molecule has 3 atom stereocenters. The average molecular weight is 240 g/mol. The van der Waals surface area contributed by atoms with Crippen LogP contribution >= 0.6 is 0 Å². The molecule has 1 aliphatic rings. The SMILES string of the molecule is CCCCC1NC(CC)N(C(C)CCC)C1=O. The minimum absolute atomic E-state index is 0.0687. The topological polar surface area (TPSA) is 32.3 Å². The van der Waals surface area contributed by atoms with Crippen LogP contribution in [-0.2, 0) is 4.79 Å². The Kier molecular flexibility index (Phi) is 5.96. The molecule has 0 aromatic carbocycles. The van der Waals surface area contributed by atoms with Crippen LogP contribution in [0.5, 0.6) is 0 Å². The van der Waals surface area contributed by atoms with Gasteiger partial charge in [0.15, 0.2) is 0 Å². The van der Waals surface area contributed by atoms with Crippen molar-refractivity contribution < 1.29 is 4.79 Å². The second-order valence-electron chi connectivity index (χ2n) is 5.17. The van der Waals surface area contributed by atoms with Crippen molar-refractivity contribution in [1.82, 2.24) is 10.2 Å². The predicted octanol–water partition coefficient (Wildman–Crippen LogP) is 2.90. The number of rotatable bonds is 7. The second kappa shape index (κ2) is 7.00. The zero-order valence-corrected chi connectivity index (χ0v) is 11.8. The molecule has 1 fully saturated rings. The molecule has 3 heteroatoms. The van der Waals surface area contributed by atoms with E-state index in [0.717, 1.165) is 38.5 Å². The molecule has 0 aliphatic carbocycles. The van der Waals surface area contributed by atoms with Crippen LogP contribution in [0.1, 0.15) is 66.2 Å². The lowest BCUT2D eigenvalue weighted by atomic mass is 10.1. The molecule has 0 spiro atoms. The van der Waals surface area contributed by atoms with Gasteiger partial charge in [0.25, 0.3) is 0 Å². The third-order valence-electron chi connectivity index (χ3n) is 3.70. The van der Waals surface area contributed by atoms with E-state index in [-0.39, 0.29) is 12.2 Å². The summed E-state index contributed by atoms with van der Waals surface area (Å²) in [6, 6.07) is 0.441. The summed E-state index contributed by atoms with van der Waals surface area (Å²) in [5.41, 5.74) is 0. The van der Waals surface area contributed by atoms with Gasteiger partial charge >= 0.3 is 0 Å². The van der Waals surface area contributed by atoms with Crippen LogP contribution in [0.25, 0.3) is 0 Å². The monoisotopic (exact) mass is 240 g/mol. The van der Waals surface area contributed by atoms with Crippen LogP contribution in [0.15, 0.2) is 0 Å². The highest BCUT2D eigenvalue weighted by Crippen LogP contribution is 2.22. The number of hydrogen-bond donors (Lipinski definition) is 1. The summed E-state index contributed by atoms with van der Waals surface area (Å²) < 4.78 is 0. The molecular formula is C14H28N2O. The summed E-state index contributed by atoms with van der Waals surface area (Å²) in [4.78, 5) is 14.4. The Hall–Kier alpha value is -0.570. The van der Waals surface area contributed by atoms with E-state index in [9.17, 15) is 4.79 Å². The van der Waals surface area contributed by atoms with Crippen LogP contribution < -0.4 is 5.32 Å². The first-order valence-corrected chi connectivity index (χ1v) is 7.23. The highest BCUT2D eigenvalue weighted by Gasteiger charge is 2.39. The van der Waals surface area contributed by atoms with Gasteiger partial charge in [-0.3, -0.25) is 10.1 Å². The minimum atomic E-state index is 0.0687. The normalized spacial score (nSPS) is 26.6. The van der Waals surface area contributed by atoms with Crippen LogP contribution in [0, 0.1) is 0 Å². The van der Waals surface area contributed by atoms with E-state index in [2.05, 4.69) is 37.9 Å². The molecule has 1 rings (SSSR count). The summed E-state index contributed by atoms with van der Waals surface area (Å²) in [6.07, 6.45) is 6.78. The lowest BCUT2D eigenvalue weighted by Crippen LogP contribution is -2.42. The number of unbranched alkanes of at least 4 members (excludes halogenated alkanes) is 1. The molecule has 0 radical (unpaired) electrons. The Labute approximate surface area is 106 Å². The molecule has 1 amide bonds. The van der Waals surface area contributed by atoms with Crippen LogP contribution in [0.2, 0.25) is 0 Å². The minimum Gasteiger partial charge on any atom is -0.323 e. The van der Waals surface area contributed by atoms with E-state index >= 15 is 0 Å². The third kappa shape index (κ3) is 3.44. The standard InChI is InChI=1S/C14H28N2O/c1-5-8-10-12-14(17)16(11(4)9-6-2)13(7-3)15-12/h11-13,15H,5-10H2,1-4H3. The maximum absolute atomic E-state index is 12.4. The Morgan fingerprint density at radius 2 is 2.00 bits per heavy atom. The van der Waals surface area contributed by atoms with Gasteiger partial charge in [0, 0.05) is 6.04 Å². The summed E-state index contributed by atoms with van der Waals surface area (Å²) in [5.74, 6) is 0.325. The largest absolute Gasteiger partial charge is 0.323 e. The van der Waals surface area contributed by atoms with Gasteiger partial charge in [-0.2, -0.15) is 0 Å². The Balaban J connectivity index is 2.64. The molecule has 1 heterocycles. The number of hydrogen-bond acceptors (Lipinski definition) is 2. The van der Waals surface area contributed by atoms with Gasteiger partial charge in [0.05, 0.1) is 12.2 Å². The van der Waals surface area contributed by atoms with Crippen molar-refractivity contribution in [2.24, 2.45) is 0 Å². The quantitative estimate of drug-likeness (QED) is 0.742. The third-order valence-corrected chi connectivity index (χ3v) is 3.70. The number of amides is 1. The van der Waals surface area contributed by atoms with Crippen molar-refractivity contribution in [2.75, 3.05) is 0 Å². The van der Waals surface area contributed by atoms with Gasteiger partial charge in [-0.1, -0.05) is 40.0 Å². The second-order valence-corrected chi connectivity index (χ2v) is 5.17. The lowest BCUT2D eigenvalue weighted by molar-refractivity contribution is -0.132. The van der Waals surface area contributed by atoms with Crippen molar-refractivity contribution in [3.63, 3.8) is 0 Å². The highest BCUT2D eigenvalue weighted by atomic mass is 16.2. The molecule has 3 nitrogen and oxygen atoms in total. The smallest absolute Gasteiger partial charge is 0.241 e. The van der Waals surface area contributed by atoms with Gasteiger partial charge in [0.1, 0.15) is 0 Å². The molecule has 0 aromatic rings. The van der Waals surface area contributed by atoms with Crippen molar-refractivity contribution in [1.29, 1.82) is 0 Å². The molecule has 1 N–H and O–H groups in total. The van der Waals surface area contributed by atoms with Gasteiger partial charge < -0.3 is 4.90 Å². The molecule has 1 saturated heterocycles. The number of nitrogens with zero attached hydrogens (tertiary/aromatic N) is 1. The summed E-state index contributed by atoms with van der Waals surface area (Å²) in [7, 11) is 0. The van der Waals surface area contributed by atoms with Crippen molar-refractivity contribution in [3.8, 4) is 0 Å². The number of nitrogens with one attached hydrogen (secondary N) is 1. The zero-order chi connectivity index (χ0) is 12.8. The van der Waals surface area contributed by atoms with Crippen LogP contribution in [0.3, 0.4) is 0 Å². The summed E-state index contributed by atoms with van der Waals surface area (Å²) >= 11 is 0. The van der Waals surface area contributed by atoms with E-state index in [1.54, 1.807) is 0 Å². The van der Waals surface area contributed by atoms with E-state index in [1.807, 2.05) is 0 Å². The zero-order valence-electron chi connectivity index (χ0n) is 11.8. The van der Waals surface area contributed by atoms with Crippen LogP contribution in [0.4, 0.5) is 0 Å². The fourth-order valence-corrected chi connectivity index (χ4v) is 2.73. The fourth-order valence-electron chi connectivity index (χ4n) is 2.73. The highest BCUT2D eigenvalue weighted by molar-refractivity contribution is 5.84. The van der Waals surface area contributed by atoms with Gasteiger partial charge in [-0.25, -0.2) is 0 Å². The number of carbonyl (C=O) groups excluding carboxylic acids is 1. The van der Waals surface area contributed by atoms with Crippen molar-refractivity contribution in [2.45, 2.75) is 84.5 Å².